The smallest absolute Gasteiger partial charge is 0.318 e. The molecule has 2 amide bonds. The maximum absolute atomic E-state index is 12.6. The largest absolute Gasteiger partial charge is 0.416 e. The van der Waals surface area contributed by atoms with Gasteiger partial charge in [-0.15, -0.1) is 0 Å². The topological polar surface area (TPSA) is 75.3 Å². The second kappa shape index (κ2) is 6.46. The number of rotatable bonds is 3. The van der Waals surface area contributed by atoms with Gasteiger partial charge in [0.2, 0.25) is 11.7 Å². The highest BCUT2D eigenvalue weighted by atomic mass is 35.5. The average molecular weight is 383 g/mol. The van der Waals surface area contributed by atoms with Crippen molar-refractivity contribution in [2.45, 2.75) is 11.4 Å². The fourth-order valence-corrected chi connectivity index (χ4v) is 2.94. The monoisotopic (exact) mass is 382 g/mol. The molecule has 11 heteroatoms. The molecule has 0 saturated carbocycles. The summed E-state index contributed by atoms with van der Waals surface area (Å²) in [4.78, 5) is 35.1. The van der Waals surface area contributed by atoms with Gasteiger partial charge in [-0.1, -0.05) is 35.6 Å². The van der Waals surface area contributed by atoms with Crippen LogP contribution in [0.1, 0.15) is 5.56 Å². The van der Waals surface area contributed by atoms with Crippen LogP contribution in [0.25, 0.3) is 0 Å². The fourth-order valence-electron chi connectivity index (χ4n) is 1.63. The number of anilines is 1. The van der Waals surface area contributed by atoms with E-state index < -0.39 is 34.6 Å². The van der Waals surface area contributed by atoms with Crippen LogP contribution in [-0.4, -0.2) is 27.2 Å². The van der Waals surface area contributed by atoms with E-state index in [1.165, 1.54) is 0 Å². The van der Waals surface area contributed by atoms with Gasteiger partial charge < -0.3 is 10.6 Å². The third-order valence-electron chi connectivity index (χ3n) is 2.69. The van der Waals surface area contributed by atoms with Crippen molar-refractivity contribution in [2.24, 2.45) is 0 Å². The summed E-state index contributed by atoms with van der Waals surface area (Å²) in [5.74, 6) is -3.15. The lowest BCUT2D eigenvalue weighted by Gasteiger charge is -2.12. The normalized spacial score (nSPS) is 17.8. The van der Waals surface area contributed by atoms with Gasteiger partial charge in [0, 0.05) is 0 Å². The number of thioether (sulfide) groups is 1. The van der Waals surface area contributed by atoms with Gasteiger partial charge in [-0.2, -0.15) is 13.2 Å². The molecule has 1 aliphatic heterocycles. The Hall–Kier alpha value is -1.65. The van der Waals surface area contributed by atoms with E-state index in [1.807, 2.05) is 5.32 Å². The highest BCUT2D eigenvalue weighted by Gasteiger charge is 2.39. The van der Waals surface area contributed by atoms with Gasteiger partial charge in [-0.05, 0) is 18.2 Å². The summed E-state index contributed by atoms with van der Waals surface area (Å²) in [6.45, 7) is 0. The van der Waals surface area contributed by atoms with Crippen molar-refractivity contribution in [3.63, 3.8) is 0 Å². The third-order valence-corrected chi connectivity index (χ3v) is 4.39. The number of benzene rings is 1. The lowest BCUT2D eigenvalue weighted by molar-refractivity contribution is -0.137. The molecule has 0 aliphatic carbocycles. The zero-order chi connectivity index (χ0) is 17.4. The summed E-state index contributed by atoms with van der Waals surface area (Å²) in [5, 5.41) is 2.61. The van der Waals surface area contributed by atoms with Crippen LogP contribution in [-0.2, 0) is 20.6 Å². The van der Waals surface area contributed by atoms with Crippen LogP contribution in [0.15, 0.2) is 18.2 Å². The zero-order valence-corrected chi connectivity index (χ0v) is 13.3. The minimum absolute atomic E-state index is 0.0400. The first-order valence-corrected chi connectivity index (χ1v) is 7.49. The maximum atomic E-state index is 12.6. The molecule has 1 saturated heterocycles. The summed E-state index contributed by atoms with van der Waals surface area (Å²) in [7, 11) is 0. The summed E-state index contributed by atoms with van der Waals surface area (Å²) in [6, 6.07) is 2.27. The number of carbonyl (C=O) groups excluding carboxylic acids is 3. The Morgan fingerprint density at radius 2 is 2.00 bits per heavy atom. The van der Waals surface area contributed by atoms with E-state index in [0.29, 0.717) is 17.8 Å². The fraction of sp³-hybridized carbons (Fsp3) is 0.167. The predicted molar refractivity (Wildman–Crippen MR) is 82.2 cm³/mol. The molecule has 0 bridgehead atoms. The van der Waals surface area contributed by atoms with Crippen LogP contribution in [0.2, 0.25) is 5.02 Å². The molecule has 23 heavy (non-hydrogen) atoms. The molecule has 1 atom stereocenters. The molecule has 0 unspecified atom stereocenters. The molecular formula is C12H6ClF3N2O3S2. The first-order valence-electron chi connectivity index (χ1n) is 5.83. The van der Waals surface area contributed by atoms with Crippen LogP contribution in [0.3, 0.4) is 0 Å². The van der Waals surface area contributed by atoms with Crippen molar-refractivity contribution >= 4 is 63.2 Å². The second-order valence-electron chi connectivity index (χ2n) is 4.29. The van der Waals surface area contributed by atoms with Crippen molar-refractivity contribution in [3.05, 3.63) is 28.8 Å². The lowest BCUT2D eigenvalue weighted by Crippen LogP contribution is -2.37. The van der Waals surface area contributed by atoms with Gasteiger partial charge in [0.05, 0.1) is 16.3 Å². The standard InChI is InChI=1S/C12H6ClF3N2O3S2/c13-5-2-1-4(12(14,15)16)3-6(5)17-9(20)7(19)8-10(21)18-11(22)23-8/h1-3,8H,(H,17,20)(H,18,21,22)/t8-/m1/s1. The average Bonchev–Trinajstić information content (AvgIpc) is 2.77. The van der Waals surface area contributed by atoms with E-state index in [0.717, 1.165) is 12.1 Å². The Kier molecular flexibility index (Phi) is 4.97. The summed E-state index contributed by atoms with van der Waals surface area (Å²) in [6.07, 6.45) is -4.64. The molecule has 2 N–H and O–H groups in total. The number of hydrogen-bond acceptors (Lipinski definition) is 5. The molecule has 122 valence electrons. The van der Waals surface area contributed by atoms with Crippen LogP contribution < -0.4 is 10.6 Å². The van der Waals surface area contributed by atoms with Gasteiger partial charge in [0.25, 0.3) is 5.91 Å². The SMILES string of the molecule is O=C(Nc1cc(C(F)(F)F)ccc1Cl)C(=O)[C@H]1SC(=S)NC1=O. The first kappa shape index (κ1) is 17.7. The Labute approximate surface area is 141 Å². The highest BCUT2D eigenvalue weighted by molar-refractivity contribution is 8.25. The molecule has 2 rings (SSSR count). The van der Waals surface area contributed by atoms with Crippen LogP contribution >= 0.6 is 35.6 Å². The number of halogens is 4. The Balaban J connectivity index is 2.18. The number of Topliss-reactive ketones (excluding diaryl/α,β-unsaturated/α-hetero) is 1. The molecule has 1 heterocycles. The van der Waals surface area contributed by atoms with E-state index in [1.54, 1.807) is 0 Å². The van der Waals surface area contributed by atoms with Gasteiger partial charge >= 0.3 is 6.18 Å². The van der Waals surface area contributed by atoms with Crippen molar-refractivity contribution < 1.29 is 27.6 Å². The second-order valence-corrected chi connectivity index (χ2v) is 6.47. The Morgan fingerprint density at radius 3 is 2.52 bits per heavy atom. The summed E-state index contributed by atoms with van der Waals surface area (Å²) in [5.41, 5.74) is -1.43. The molecule has 1 aliphatic rings. The van der Waals surface area contributed by atoms with Gasteiger partial charge in [-0.25, -0.2) is 0 Å². The summed E-state index contributed by atoms with van der Waals surface area (Å²) >= 11 is 11.1. The van der Waals surface area contributed by atoms with Crippen molar-refractivity contribution in [3.8, 4) is 0 Å². The molecule has 0 radical (unpaired) electrons. The van der Waals surface area contributed by atoms with Crippen LogP contribution in [0, 0.1) is 0 Å². The van der Waals surface area contributed by atoms with E-state index in [4.69, 9.17) is 11.6 Å². The highest BCUT2D eigenvalue weighted by Crippen LogP contribution is 2.34. The quantitative estimate of drug-likeness (QED) is 0.477. The molecule has 0 spiro atoms. The number of ketones is 1. The van der Waals surface area contributed by atoms with E-state index in [9.17, 15) is 27.6 Å². The molecule has 5 nitrogen and oxygen atoms in total. The minimum Gasteiger partial charge on any atom is -0.318 e. The molecular weight excluding hydrogens is 377 g/mol. The van der Waals surface area contributed by atoms with E-state index >= 15 is 0 Å². The van der Waals surface area contributed by atoms with Gasteiger partial charge in [0.1, 0.15) is 4.32 Å². The minimum atomic E-state index is -4.64. The number of thiocarbonyl (C=S) groups is 1. The number of hydrogen-bond donors (Lipinski definition) is 2. The van der Waals surface area contributed by atoms with Gasteiger partial charge in [0.15, 0.2) is 5.25 Å². The first-order chi connectivity index (χ1) is 10.6. The predicted octanol–water partition coefficient (Wildman–Crippen LogP) is 2.38. The van der Waals surface area contributed by atoms with E-state index in [2.05, 4.69) is 17.5 Å². The molecule has 1 fully saturated rings. The Bertz CT molecular complexity index is 724. The maximum Gasteiger partial charge on any atom is 0.416 e. The number of amides is 2. The van der Waals surface area contributed by atoms with Crippen molar-refractivity contribution in [1.82, 2.24) is 5.32 Å². The third kappa shape index (κ3) is 4.01. The molecule has 1 aromatic carbocycles. The van der Waals surface area contributed by atoms with E-state index in [-0.39, 0.29) is 15.0 Å². The number of carbonyl (C=O) groups is 3. The number of alkyl halides is 3. The van der Waals surface area contributed by atoms with Crippen molar-refractivity contribution in [2.75, 3.05) is 5.32 Å². The van der Waals surface area contributed by atoms with Gasteiger partial charge in [-0.3, -0.25) is 14.4 Å². The van der Waals surface area contributed by atoms with Crippen LogP contribution in [0.5, 0.6) is 0 Å². The molecule has 0 aromatic heterocycles. The molecule has 1 aromatic rings. The zero-order valence-electron chi connectivity index (χ0n) is 10.9. The summed E-state index contributed by atoms with van der Waals surface area (Å²) < 4.78 is 38.0. The van der Waals surface area contributed by atoms with Crippen LogP contribution in [0.4, 0.5) is 18.9 Å². The number of nitrogens with one attached hydrogen (secondary N) is 2. The lowest BCUT2D eigenvalue weighted by atomic mass is 10.2. The van der Waals surface area contributed by atoms with Crippen molar-refractivity contribution in [1.29, 1.82) is 0 Å². The Morgan fingerprint density at radius 1 is 1.35 bits per heavy atom.